The smallest absolute Gasteiger partial charge is 0.257 e. The molecule has 0 aliphatic heterocycles. The third-order valence-corrected chi connectivity index (χ3v) is 2.73. The average Bonchev–Trinajstić information content (AvgIpc) is 2.34. The molecule has 0 fully saturated rings. The number of carbonyl (C=O) groups excluding carboxylic acids is 1. The Bertz CT molecular complexity index is 581. The van der Waals surface area contributed by atoms with Gasteiger partial charge < -0.3 is 11.1 Å². The lowest BCUT2D eigenvalue weighted by Gasteiger charge is -2.09. The van der Waals surface area contributed by atoms with Gasteiger partial charge in [-0.3, -0.25) is 4.79 Å². The molecular formula is C13H10ClFN2O. The zero-order chi connectivity index (χ0) is 13.1. The van der Waals surface area contributed by atoms with Crippen LogP contribution >= 0.6 is 11.6 Å². The van der Waals surface area contributed by atoms with E-state index in [9.17, 15) is 9.18 Å². The van der Waals surface area contributed by atoms with E-state index in [1.165, 1.54) is 18.2 Å². The summed E-state index contributed by atoms with van der Waals surface area (Å²) in [5, 5.41) is 2.71. The van der Waals surface area contributed by atoms with Gasteiger partial charge in [-0.25, -0.2) is 4.39 Å². The lowest BCUT2D eigenvalue weighted by Crippen LogP contribution is -2.14. The van der Waals surface area contributed by atoms with Crippen molar-refractivity contribution in [2.75, 3.05) is 11.1 Å². The molecule has 0 aliphatic carbocycles. The minimum Gasteiger partial charge on any atom is -0.397 e. The number of benzene rings is 2. The first-order valence-corrected chi connectivity index (χ1v) is 5.57. The van der Waals surface area contributed by atoms with E-state index in [0.717, 1.165) is 0 Å². The van der Waals surface area contributed by atoms with Gasteiger partial charge in [-0.1, -0.05) is 29.8 Å². The molecule has 0 aliphatic rings. The predicted octanol–water partition coefficient (Wildman–Crippen LogP) is 3.31. The number of nitrogens with two attached hydrogens (primary N) is 1. The van der Waals surface area contributed by atoms with Crippen molar-refractivity contribution in [2.45, 2.75) is 0 Å². The number of anilines is 2. The first-order valence-electron chi connectivity index (χ1n) is 5.19. The second-order valence-electron chi connectivity index (χ2n) is 3.64. The number of hydrogen-bond donors (Lipinski definition) is 2. The molecule has 0 bridgehead atoms. The summed E-state index contributed by atoms with van der Waals surface area (Å²) >= 11 is 5.88. The average molecular weight is 265 g/mol. The maximum absolute atomic E-state index is 13.5. The molecule has 92 valence electrons. The van der Waals surface area contributed by atoms with E-state index in [2.05, 4.69) is 5.32 Å². The van der Waals surface area contributed by atoms with Gasteiger partial charge in [-0.15, -0.1) is 0 Å². The molecule has 0 saturated heterocycles. The molecule has 3 nitrogen and oxygen atoms in total. The molecule has 0 spiro atoms. The Morgan fingerprint density at radius 3 is 2.56 bits per heavy atom. The monoisotopic (exact) mass is 264 g/mol. The molecule has 18 heavy (non-hydrogen) atoms. The summed E-state index contributed by atoms with van der Waals surface area (Å²) in [5.74, 6) is -1.09. The third-order valence-electron chi connectivity index (χ3n) is 2.40. The van der Waals surface area contributed by atoms with Gasteiger partial charge in [0, 0.05) is 0 Å². The number of hydrogen-bond acceptors (Lipinski definition) is 2. The van der Waals surface area contributed by atoms with Gasteiger partial charge in [0.25, 0.3) is 5.91 Å². The van der Waals surface area contributed by atoms with Gasteiger partial charge in [0.05, 0.1) is 16.3 Å². The lowest BCUT2D eigenvalue weighted by molar-refractivity contribution is 0.102. The summed E-state index contributed by atoms with van der Waals surface area (Å²) in [6.07, 6.45) is 0. The number of nitrogens with one attached hydrogen (secondary N) is 1. The fourth-order valence-electron chi connectivity index (χ4n) is 1.50. The van der Waals surface area contributed by atoms with Crippen LogP contribution in [0.5, 0.6) is 0 Å². The minimum atomic E-state index is -0.588. The van der Waals surface area contributed by atoms with E-state index in [1.54, 1.807) is 24.3 Å². The van der Waals surface area contributed by atoms with Crippen LogP contribution < -0.4 is 11.1 Å². The summed E-state index contributed by atoms with van der Waals surface area (Å²) in [7, 11) is 0. The highest BCUT2D eigenvalue weighted by molar-refractivity contribution is 6.34. The van der Waals surface area contributed by atoms with Crippen LogP contribution in [0.15, 0.2) is 42.5 Å². The number of halogens is 2. The molecule has 0 radical (unpaired) electrons. The maximum Gasteiger partial charge on any atom is 0.257 e. The van der Waals surface area contributed by atoms with Crippen molar-refractivity contribution < 1.29 is 9.18 Å². The van der Waals surface area contributed by atoms with Gasteiger partial charge >= 0.3 is 0 Å². The predicted molar refractivity (Wildman–Crippen MR) is 70.2 cm³/mol. The summed E-state index contributed by atoms with van der Waals surface area (Å²) in [6, 6.07) is 10.7. The quantitative estimate of drug-likeness (QED) is 0.818. The maximum atomic E-state index is 13.5. The first-order chi connectivity index (χ1) is 8.59. The zero-order valence-corrected chi connectivity index (χ0v) is 10.0. The molecule has 0 saturated carbocycles. The highest BCUT2D eigenvalue weighted by Crippen LogP contribution is 2.23. The van der Waals surface area contributed by atoms with Gasteiger partial charge in [-0.05, 0) is 24.3 Å². The van der Waals surface area contributed by atoms with Crippen molar-refractivity contribution in [1.82, 2.24) is 0 Å². The van der Waals surface area contributed by atoms with Crippen molar-refractivity contribution in [2.24, 2.45) is 0 Å². The lowest BCUT2D eigenvalue weighted by atomic mass is 10.2. The molecule has 1 amide bonds. The highest BCUT2D eigenvalue weighted by atomic mass is 35.5. The molecule has 5 heteroatoms. The van der Waals surface area contributed by atoms with Gasteiger partial charge in [0.2, 0.25) is 0 Å². The largest absolute Gasteiger partial charge is 0.397 e. The molecule has 3 N–H and O–H groups in total. The Morgan fingerprint density at radius 1 is 1.17 bits per heavy atom. The zero-order valence-electron chi connectivity index (χ0n) is 9.28. The van der Waals surface area contributed by atoms with Crippen molar-refractivity contribution in [1.29, 1.82) is 0 Å². The Kier molecular flexibility index (Phi) is 3.48. The number of nitrogen functional groups attached to an aromatic ring is 1. The molecule has 0 atom stereocenters. The van der Waals surface area contributed by atoms with Crippen LogP contribution in [0.1, 0.15) is 10.4 Å². The number of amides is 1. The van der Waals surface area contributed by atoms with E-state index in [4.69, 9.17) is 17.3 Å². The fraction of sp³-hybridized carbons (Fsp3) is 0. The third kappa shape index (κ3) is 2.43. The standard InChI is InChI=1S/C13H10ClFN2O/c14-9-5-2-1-4-8(9)13(18)17-12-10(15)6-3-7-11(12)16/h1-7H,16H2,(H,17,18). The van der Waals surface area contributed by atoms with Crippen LogP contribution in [-0.2, 0) is 0 Å². The van der Waals surface area contributed by atoms with E-state index in [-0.39, 0.29) is 16.9 Å². The number of carbonyl (C=O) groups is 1. The second kappa shape index (κ2) is 5.06. The molecule has 2 aromatic carbocycles. The van der Waals surface area contributed by atoms with E-state index in [1.807, 2.05) is 0 Å². The van der Waals surface area contributed by atoms with E-state index < -0.39 is 11.7 Å². The topological polar surface area (TPSA) is 55.1 Å². The van der Waals surface area contributed by atoms with Gasteiger partial charge in [0.15, 0.2) is 0 Å². The Morgan fingerprint density at radius 2 is 1.89 bits per heavy atom. The van der Waals surface area contributed by atoms with Crippen LogP contribution in [0.25, 0.3) is 0 Å². The molecule has 2 rings (SSSR count). The van der Waals surface area contributed by atoms with E-state index in [0.29, 0.717) is 5.02 Å². The van der Waals surface area contributed by atoms with Crippen LogP contribution in [0, 0.1) is 5.82 Å². The highest BCUT2D eigenvalue weighted by Gasteiger charge is 2.13. The Balaban J connectivity index is 2.30. The van der Waals surface area contributed by atoms with Crippen LogP contribution in [0.4, 0.5) is 15.8 Å². The SMILES string of the molecule is Nc1cccc(F)c1NC(=O)c1ccccc1Cl. The second-order valence-corrected chi connectivity index (χ2v) is 4.05. The first kappa shape index (κ1) is 12.4. The van der Waals surface area contributed by atoms with Crippen molar-refractivity contribution >= 4 is 28.9 Å². The van der Waals surface area contributed by atoms with Gasteiger partial charge in [0.1, 0.15) is 11.5 Å². The van der Waals surface area contributed by atoms with Crippen LogP contribution in [0.2, 0.25) is 5.02 Å². The summed E-state index contributed by atoms with van der Waals surface area (Å²) in [4.78, 5) is 11.9. The Labute approximate surface area is 108 Å². The van der Waals surface area contributed by atoms with Crippen molar-refractivity contribution in [3.8, 4) is 0 Å². The van der Waals surface area contributed by atoms with Crippen LogP contribution in [0.3, 0.4) is 0 Å². The number of rotatable bonds is 2. The van der Waals surface area contributed by atoms with E-state index >= 15 is 0 Å². The fourth-order valence-corrected chi connectivity index (χ4v) is 1.72. The Hall–Kier alpha value is -2.07. The molecule has 0 unspecified atom stereocenters. The minimum absolute atomic E-state index is 0.0394. The van der Waals surface area contributed by atoms with Crippen LogP contribution in [-0.4, -0.2) is 5.91 Å². The molecular weight excluding hydrogens is 255 g/mol. The normalized spacial score (nSPS) is 10.1. The molecule has 0 heterocycles. The number of para-hydroxylation sites is 1. The van der Waals surface area contributed by atoms with Crippen molar-refractivity contribution in [3.63, 3.8) is 0 Å². The molecule has 0 aromatic heterocycles. The van der Waals surface area contributed by atoms with Crippen molar-refractivity contribution in [3.05, 3.63) is 58.9 Å². The summed E-state index contributed by atoms with van der Waals surface area (Å²) in [5.41, 5.74) is 5.99. The molecule has 2 aromatic rings. The summed E-state index contributed by atoms with van der Waals surface area (Å²) in [6.45, 7) is 0. The van der Waals surface area contributed by atoms with Gasteiger partial charge in [-0.2, -0.15) is 0 Å². The summed E-state index contributed by atoms with van der Waals surface area (Å²) < 4.78 is 13.5.